The van der Waals surface area contributed by atoms with Gasteiger partial charge in [-0.05, 0) is 59.4 Å². The molecule has 32 heavy (non-hydrogen) atoms. The summed E-state index contributed by atoms with van der Waals surface area (Å²) in [6.45, 7) is 8.49. The Morgan fingerprint density at radius 1 is 0.844 bits per heavy atom. The average Bonchev–Trinajstić information content (AvgIpc) is 3.20. The average molecular weight is 450 g/mol. The Bertz CT molecular complexity index is 1110. The number of ketones is 2. The van der Waals surface area contributed by atoms with Crippen LogP contribution in [0.4, 0.5) is 10.1 Å². The molecule has 2 aliphatic carbocycles. The van der Waals surface area contributed by atoms with Crippen LogP contribution < -0.4 is 4.90 Å². The van der Waals surface area contributed by atoms with Crippen molar-refractivity contribution in [2.45, 2.75) is 59.3 Å². The van der Waals surface area contributed by atoms with E-state index >= 15 is 0 Å². The Labute approximate surface area is 192 Å². The van der Waals surface area contributed by atoms with Crippen LogP contribution in [0.5, 0.6) is 0 Å². The molecule has 1 aromatic heterocycles. The molecule has 3 nitrogen and oxygen atoms in total. The molecule has 0 spiro atoms. The molecule has 2 aromatic rings. The van der Waals surface area contributed by atoms with Crippen molar-refractivity contribution >= 4 is 28.6 Å². The van der Waals surface area contributed by atoms with Crippen LogP contribution >= 0.6 is 11.3 Å². The van der Waals surface area contributed by atoms with Crippen LogP contribution in [-0.4, -0.2) is 11.6 Å². The number of benzene rings is 1. The Kier molecular flexibility index (Phi) is 4.82. The highest BCUT2D eigenvalue weighted by Gasteiger charge is 2.49. The second kappa shape index (κ2) is 7.24. The lowest BCUT2D eigenvalue weighted by molar-refractivity contribution is -0.119. The first-order valence-electron chi connectivity index (χ1n) is 11.2. The number of carbonyl (C=O) groups is 2. The molecule has 5 heteroatoms. The van der Waals surface area contributed by atoms with E-state index in [-0.39, 0.29) is 34.1 Å². The van der Waals surface area contributed by atoms with E-state index < -0.39 is 0 Å². The van der Waals surface area contributed by atoms with Crippen molar-refractivity contribution in [3.63, 3.8) is 0 Å². The van der Waals surface area contributed by atoms with Crippen LogP contribution in [0.25, 0.3) is 0 Å². The van der Waals surface area contributed by atoms with E-state index in [0.29, 0.717) is 12.8 Å². The predicted octanol–water partition coefficient (Wildman–Crippen LogP) is 6.78. The zero-order chi connectivity index (χ0) is 22.8. The fourth-order valence-corrected chi connectivity index (χ4v) is 6.45. The molecule has 166 valence electrons. The van der Waals surface area contributed by atoms with Gasteiger partial charge in [0, 0.05) is 45.9 Å². The third-order valence-electron chi connectivity index (χ3n) is 6.82. The zero-order valence-corrected chi connectivity index (χ0v) is 19.8. The number of allylic oxidation sites excluding steroid dienone is 4. The first kappa shape index (κ1) is 21.3. The molecule has 0 unspecified atom stereocenters. The van der Waals surface area contributed by atoms with Gasteiger partial charge in [-0.25, -0.2) is 4.39 Å². The Hall–Kier alpha value is -2.53. The van der Waals surface area contributed by atoms with Crippen molar-refractivity contribution in [2.24, 2.45) is 10.8 Å². The van der Waals surface area contributed by atoms with E-state index in [0.717, 1.165) is 45.9 Å². The molecule has 0 radical (unpaired) electrons. The first-order valence-corrected chi connectivity index (χ1v) is 12.1. The normalized spacial score (nSPS) is 22.8. The van der Waals surface area contributed by atoms with Crippen molar-refractivity contribution in [1.29, 1.82) is 0 Å². The summed E-state index contributed by atoms with van der Waals surface area (Å²) in [6, 6.07) is 10.4. The minimum Gasteiger partial charge on any atom is -0.317 e. The molecule has 0 saturated carbocycles. The highest BCUT2D eigenvalue weighted by molar-refractivity contribution is 7.10. The van der Waals surface area contributed by atoms with Gasteiger partial charge in [0.15, 0.2) is 11.6 Å². The summed E-state index contributed by atoms with van der Waals surface area (Å²) in [4.78, 5) is 30.4. The third-order valence-corrected chi connectivity index (χ3v) is 7.76. The number of halogens is 1. The van der Waals surface area contributed by atoms with Gasteiger partial charge in [0.25, 0.3) is 0 Å². The second-order valence-corrected chi connectivity index (χ2v) is 11.8. The monoisotopic (exact) mass is 449 g/mol. The van der Waals surface area contributed by atoms with Gasteiger partial charge in [-0.2, -0.15) is 0 Å². The number of anilines is 1. The van der Waals surface area contributed by atoms with E-state index in [1.165, 1.54) is 12.1 Å². The quantitative estimate of drug-likeness (QED) is 0.507. The molecule has 1 aromatic carbocycles. The van der Waals surface area contributed by atoms with Crippen LogP contribution in [0.2, 0.25) is 0 Å². The molecule has 1 aliphatic heterocycles. The Morgan fingerprint density at radius 2 is 1.38 bits per heavy atom. The first-order chi connectivity index (χ1) is 15.1. The molecule has 0 N–H and O–H groups in total. The molecule has 0 bridgehead atoms. The van der Waals surface area contributed by atoms with E-state index in [4.69, 9.17) is 0 Å². The van der Waals surface area contributed by atoms with Crippen LogP contribution in [-0.2, 0) is 9.59 Å². The molecule has 5 rings (SSSR count). The number of hydrogen-bond donors (Lipinski definition) is 0. The number of rotatable bonds is 2. The van der Waals surface area contributed by atoms with Gasteiger partial charge >= 0.3 is 0 Å². The lowest BCUT2D eigenvalue weighted by atomic mass is 9.64. The minimum absolute atomic E-state index is 0.117. The molecule has 0 amide bonds. The van der Waals surface area contributed by atoms with Gasteiger partial charge in [-0.15, -0.1) is 11.3 Å². The summed E-state index contributed by atoms with van der Waals surface area (Å²) in [5.74, 6) is -0.369. The number of Topliss-reactive ketones (excluding diaryl/α,β-unsaturated/α-hetero) is 2. The highest BCUT2D eigenvalue weighted by atomic mass is 32.1. The fraction of sp³-hybridized carbons (Fsp3) is 0.407. The maximum atomic E-state index is 13.8. The molecule has 0 saturated heterocycles. The van der Waals surface area contributed by atoms with Gasteiger partial charge in [-0.1, -0.05) is 33.8 Å². The highest BCUT2D eigenvalue weighted by Crippen LogP contribution is 2.55. The topological polar surface area (TPSA) is 37.4 Å². The predicted molar refractivity (Wildman–Crippen MR) is 126 cm³/mol. The lowest BCUT2D eigenvalue weighted by Crippen LogP contribution is -2.44. The van der Waals surface area contributed by atoms with Crippen molar-refractivity contribution < 1.29 is 14.0 Å². The van der Waals surface area contributed by atoms with Crippen molar-refractivity contribution in [3.05, 3.63) is 75.0 Å². The van der Waals surface area contributed by atoms with Gasteiger partial charge < -0.3 is 4.90 Å². The molecular weight excluding hydrogens is 421 g/mol. The number of thiophene rings is 1. The summed E-state index contributed by atoms with van der Waals surface area (Å²) in [6.07, 6.45) is 2.40. The second-order valence-electron chi connectivity index (χ2n) is 10.9. The molecule has 2 heterocycles. The van der Waals surface area contributed by atoms with Gasteiger partial charge in [0.1, 0.15) is 5.82 Å². The molecular formula is C27H28FNO2S. The smallest absolute Gasteiger partial charge is 0.162 e. The molecule has 0 atom stereocenters. The Morgan fingerprint density at radius 3 is 1.84 bits per heavy atom. The van der Waals surface area contributed by atoms with E-state index in [2.05, 4.69) is 32.6 Å². The molecule has 3 aliphatic rings. The summed E-state index contributed by atoms with van der Waals surface area (Å²) in [5.41, 5.74) is 3.90. The molecule has 0 fully saturated rings. The summed E-state index contributed by atoms with van der Waals surface area (Å²) in [5, 5.41) is 2.01. The standard InChI is InChI=1S/C27H28FNO2S/c1-26(2)12-18-23(20(30)14-26)25(22-6-5-11-32-22)24-19(13-27(3,4)15-21(24)31)29(18)17-9-7-16(28)8-10-17/h5-11,25H,12-15H2,1-4H3. The van der Waals surface area contributed by atoms with Crippen LogP contribution in [0, 0.1) is 16.6 Å². The Balaban J connectivity index is 1.82. The number of hydrogen-bond acceptors (Lipinski definition) is 4. The van der Waals surface area contributed by atoms with E-state index in [1.54, 1.807) is 23.5 Å². The largest absolute Gasteiger partial charge is 0.317 e. The maximum Gasteiger partial charge on any atom is 0.162 e. The van der Waals surface area contributed by atoms with Crippen LogP contribution in [0.3, 0.4) is 0 Å². The zero-order valence-electron chi connectivity index (χ0n) is 19.0. The fourth-order valence-electron chi connectivity index (χ4n) is 5.61. The third kappa shape index (κ3) is 3.47. The van der Waals surface area contributed by atoms with Gasteiger partial charge in [0.2, 0.25) is 0 Å². The maximum absolute atomic E-state index is 13.8. The van der Waals surface area contributed by atoms with E-state index in [1.807, 2.05) is 17.5 Å². The lowest BCUT2D eigenvalue weighted by Gasteiger charge is -2.48. The van der Waals surface area contributed by atoms with Gasteiger partial charge in [-0.3, -0.25) is 9.59 Å². The number of carbonyl (C=O) groups excluding carboxylic acids is 2. The number of nitrogens with zero attached hydrogens (tertiary/aromatic N) is 1. The van der Waals surface area contributed by atoms with E-state index in [9.17, 15) is 14.0 Å². The van der Waals surface area contributed by atoms with Crippen LogP contribution in [0.15, 0.2) is 64.3 Å². The van der Waals surface area contributed by atoms with Crippen molar-refractivity contribution in [3.8, 4) is 0 Å². The van der Waals surface area contributed by atoms with Crippen LogP contribution in [0.1, 0.15) is 64.2 Å². The summed E-state index contributed by atoms with van der Waals surface area (Å²) in [7, 11) is 0. The van der Waals surface area contributed by atoms with Gasteiger partial charge in [0.05, 0.1) is 5.92 Å². The SMILES string of the molecule is CC1(C)CC(=O)C2=C(C1)N(c1ccc(F)cc1)C1=C(C(=O)CC(C)(C)C1)C2c1cccs1. The summed E-state index contributed by atoms with van der Waals surface area (Å²) < 4.78 is 13.8. The summed E-state index contributed by atoms with van der Waals surface area (Å²) >= 11 is 1.60. The van der Waals surface area contributed by atoms with Crippen molar-refractivity contribution in [1.82, 2.24) is 0 Å². The minimum atomic E-state index is -0.302. The van der Waals surface area contributed by atoms with Crippen molar-refractivity contribution in [2.75, 3.05) is 4.90 Å².